The summed E-state index contributed by atoms with van der Waals surface area (Å²) in [6.07, 6.45) is 5.38. The lowest BCUT2D eigenvalue weighted by atomic mass is 10.0. The van der Waals surface area contributed by atoms with Crippen molar-refractivity contribution in [2.75, 3.05) is 19.7 Å². The summed E-state index contributed by atoms with van der Waals surface area (Å²) in [6.45, 7) is 7.30. The number of hydrogen-bond donors (Lipinski definition) is 1. The minimum Gasteiger partial charge on any atom is -0.494 e. The standard InChI is InChI=1S/C18H29NO2/c1-3-14-21-17-9-7-16(8-10-17)18(20)11-13-19-12-5-4-6-15(19)2/h7-10,15,18,20H,3-6,11-14H2,1-2H3. The summed E-state index contributed by atoms with van der Waals surface area (Å²) in [6, 6.07) is 8.54. The van der Waals surface area contributed by atoms with Gasteiger partial charge in [-0.25, -0.2) is 0 Å². The van der Waals surface area contributed by atoms with Crippen LogP contribution in [0.5, 0.6) is 5.75 Å². The molecule has 3 nitrogen and oxygen atoms in total. The Hall–Kier alpha value is -1.06. The van der Waals surface area contributed by atoms with Gasteiger partial charge in [-0.1, -0.05) is 25.5 Å². The molecule has 21 heavy (non-hydrogen) atoms. The van der Waals surface area contributed by atoms with Crippen LogP contribution >= 0.6 is 0 Å². The zero-order valence-corrected chi connectivity index (χ0v) is 13.4. The zero-order valence-electron chi connectivity index (χ0n) is 13.4. The molecule has 0 aromatic heterocycles. The van der Waals surface area contributed by atoms with Crippen molar-refractivity contribution in [2.45, 2.75) is 58.1 Å². The van der Waals surface area contributed by atoms with Gasteiger partial charge in [0.2, 0.25) is 0 Å². The number of aliphatic hydroxyl groups is 1. The summed E-state index contributed by atoms with van der Waals surface area (Å²) in [5, 5.41) is 10.3. The Kier molecular flexibility index (Phi) is 6.52. The van der Waals surface area contributed by atoms with Crippen molar-refractivity contribution in [1.29, 1.82) is 0 Å². The second-order valence-electron chi connectivity index (χ2n) is 6.10. The number of aliphatic hydroxyl groups excluding tert-OH is 1. The van der Waals surface area contributed by atoms with Gasteiger partial charge in [0.15, 0.2) is 0 Å². The van der Waals surface area contributed by atoms with Gasteiger partial charge in [-0.05, 0) is 56.8 Å². The second-order valence-corrected chi connectivity index (χ2v) is 6.10. The largest absolute Gasteiger partial charge is 0.494 e. The van der Waals surface area contributed by atoms with E-state index in [1.807, 2.05) is 24.3 Å². The van der Waals surface area contributed by atoms with Crippen molar-refractivity contribution in [3.05, 3.63) is 29.8 Å². The van der Waals surface area contributed by atoms with Crippen molar-refractivity contribution in [3.8, 4) is 5.75 Å². The zero-order chi connectivity index (χ0) is 15.1. The molecule has 0 radical (unpaired) electrons. The van der Waals surface area contributed by atoms with E-state index in [4.69, 9.17) is 4.74 Å². The monoisotopic (exact) mass is 291 g/mol. The van der Waals surface area contributed by atoms with E-state index in [-0.39, 0.29) is 6.10 Å². The van der Waals surface area contributed by atoms with Gasteiger partial charge in [0.25, 0.3) is 0 Å². The van der Waals surface area contributed by atoms with Crippen LogP contribution in [0.3, 0.4) is 0 Å². The number of nitrogens with zero attached hydrogens (tertiary/aromatic N) is 1. The molecule has 1 saturated heterocycles. The Labute approximate surface area is 128 Å². The van der Waals surface area contributed by atoms with Crippen molar-refractivity contribution < 1.29 is 9.84 Å². The fourth-order valence-electron chi connectivity index (χ4n) is 2.95. The van der Waals surface area contributed by atoms with Gasteiger partial charge in [-0.3, -0.25) is 0 Å². The summed E-state index contributed by atoms with van der Waals surface area (Å²) in [5.74, 6) is 0.887. The van der Waals surface area contributed by atoms with Gasteiger partial charge in [0.05, 0.1) is 12.7 Å². The Morgan fingerprint density at radius 1 is 1.29 bits per heavy atom. The topological polar surface area (TPSA) is 32.7 Å². The van der Waals surface area contributed by atoms with Crippen LogP contribution in [-0.2, 0) is 0 Å². The van der Waals surface area contributed by atoms with Crippen LogP contribution in [0, 0.1) is 0 Å². The minimum absolute atomic E-state index is 0.376. The van der Waals surface area contributed by atoms with Crippen LogP contribution in [0.4, 0.5) is 0 Å². The molecule has 1 aliphatic heterocycles. The first-order valence-corrected chi connectivity index (χ1v) is 8.35. The lowest BCUT2D eigenvalue weighted by molar-refractivity contribution is 0.109. The smallest absolute Gasteiger partial charge is 0.119 e. The van der Waals surface area contributed by atoms with E-state index in [1.165, 1.54) is 25.8 Å². The van der Waals surface area contributed by atoms with Gasteiger partial charge in [0, 0.05) is 12.6 Å². The van der Waals surface area contributed by atoms with Gasteiger partial charge in [-0.15, -0.1) is 0 Å². The number of benzene rings is 1. The molecular formula is C18H29NO2. The minimum atomic E-state index is -0.376. The van der Waals surface area contributed by atoms with E-state index >= 15 is 0 Å². The number of likely N-dealkylation sites (tertiary alicyclic amines) is 1. The summed E-state index contributed by atoms with van der Waals surface area (Å²) < 4.78 is 5.57. The third-order valence-electron chi connectivity index (χ3n) is 4.37. The summed E-state index contributed by atoms with van der Waals surface area (Å²) in [4.78, 5) is 2.51. The lowest BCUT2D eigenvalue weighted by Crippen LogP contribution is -2.38. The lowest BCUT2D eigenvalue weighted by Gasteiger charge is -2.33. The molecule has 2 atom stereocenters. The van der Waals surface area contributed by atoms with Crippen molar-refractivity contribution in [3.63, 3.8) is 0 Å². The Balaban J connectivity index is 1.80. The first-order chi connectivity index (χ1) is 10.2. The highest BCUT2D eigenvalue weighted by Crippen LogP contribution is 2.23. The van der Waals surface area contributed by atoms with Gasteiger partial charge in [0.1, 0.15) is 5.75 Å². The van der Waals surface area contributed by atoms with E-state index in [2.05, 4.69) is 18.7 Å². The van der Waals surface area contributed by atoms with E-state index in [9.17, 15) is 5.11 Å². The fourth-order valence-corrected chi connectivity index (χ4v) is 2.95. The molecule has 0 aliphatic carbocycles. The Bertz CT molecular complexity index is 404. The van der Waals surface area contributed by atoms with Crippen molar-refractivity contribution in [2.24, 2.45) is 0 Å². The average Bonchev–Trinajstić information content (AvgIpc) is 2.52. The molecular weight excluding hydrogens is 262 g/mol. The molecule has 0 bridgehead atoms. The molecule has 1 N–H and O–H groups in total. The summed E-state index contributed by atoms with van der Waals surface area (Å²) in [5.41, 5.74) is 0.989. The van der Waals surface area contributed by atoms with Crippen LogP contribution in [-0.4, -0.2) is 35.7 Å². The van der Waals surface area contributed by atoms with E-state index < -0.39 is 0 Å². The Morgan fingerprint density at radius 3 is 2.71 bits per heavy atom. The van der Waals surface area contributed by atoms with Crippen molar-refractivity contribution in [1.82, 2.24) is 4.90 Å². The molecule has 0 saturated carbocycles. The predicted molar refractivity (Wildman–Crippen MR) is 86.7 cm³/mol. The van der Waals surface area contributed by atoms with Crippen LogP contribution < -0.4 is 4.74 Å². The van der Waals surface area contributed by atoms with Crippen LogP contribution in [0.15, 0.2) is 24.3 Å². The quantitative estimate of drug-likeness (QED) is 0.830. The highest BCUT2D eigenvalue weighted by atomic mass is 16.5. The second kappa shape index (κ2) is 8.40. The number of piperidine rings is 1. The summed E-state index contributed by atoms with van der Waals surface area (Å²) in [7, 11) is 0. The Morgan fingerprint density at radius 2 is 2.05 bits per heavy atom. The maximum Gasteiger partial charge on any atom is 0.119 e. The molecule has 1 aliphatic rings. The third kappa shape index (κ3) is 5.01. The number of rotatable bonds is 7. The van der Waals surface area contributed by atoms with Gasteiger partial charge in [-0.2, -0.15) is 0 Å². The number of ether oxygens (including phenoxy) is 1. The maximum absolute atomic E-state index is 10.3. The molecule has 0 amide bonds. The van der Waals surface area contributed by atoms with Crippen LogP contribution in [0.2, 0.25) is 0 Å². The normalized spacial score (nSPS) is 21.2. The fraction of sp³-hybridized carbons (Fsp3) is 0.667. The molecule has 2 unspecified atom stereocenters. The molecule has 1 fully saturated rings. The molecule has 1 heterocycles. The van der Waals surface area contributed by atoms with E-state index in [0.29, 0.717) is 6.04 Å². The third-order valence-corrected chi connectivity index (χ3v) is 4.37. The SMILES string of the molecule is CCCOc1ccc(C(O)CCN2CCCCC2C)cc1. The predicted octanol–water partition coefficient (Wildman–Crippen LogP) is 3.77. The van der Waals surface area contributed by atoms with Gasteiger partial charge < -0.3 is 14.7 Å². The molecule has 2 rings (SSSR count). The van der Waals surface area contributed by atoms with E-state index in [1.54, 1.807) is 0 Å². The first-order valence-electron chi connectivity index (χ1n) is 8.35. The van der Waals surface area contributed by atoms with Crippen LogP contribution in [0.25, 0.3) is 0 Å². The maximum atomic E-state index is 10.3. The van der Waals surface area contributed by atoms with Gasteiger partial charge >= 0.3 is 0 Å². The molecule has 0 spiro atoms. The highest BCUT2D eigenvalue weighted by molar-refractivity contribution is 5.28. The average molecular weight is 291 g/mol. The number of hydrogen-bond acceptors (Lipinski definition) is 3. The summed E-state index contributed by atoms with van der Waals surface area (Å²) >= 11 is 0. The first kappa shape index (κ1) is 16.3. The molecule has 118 valence electrons. The molecule has 1 aromatic carbocycles. The van der Waals surface area contributed by atoms with Crippen LogP contribution in [0.1, 0.15) is 57.6 Å². The highest BCUT2D eigenvalue weighted by Gasteiger charge is 2.19. The molecule has 1 aromatic rings. The van der Waals surface area contributed by atoms with E-state index in [0.717, 1.165) is 37.3 Å². The molecule has 3 heteroatoms. The van der Waals surface area contributed by atoms with Crippen molar-refractivity contribution >= 4 is 0 Å².